The summed E-state index contributed by atoms with van der Waals surface area (Å²) in [5.41, 5.74) is 1.93. The van der Waals surface area contributed by atoms with Gasteiger partial charge in [-0.15, -0.1) is 13.2 Å². The van der Waals surface area contributed by atoms with Crippen LogP contribution in [-0.2, 0) is 41.6 Å². The molecule has 0 heterocycles. The third-order valence-corrected chi connectivity index (χ3v) is 7.91. The second-order valence-electron chi connectivity index (χ2n) is 12.0. The van der Waals surface area contributed by atoms with Gasteiger partial charge in [0.15, 0.2) is 0 Å². The molecule has 0 fully saturated rings. The van der Waals surface area contributed by atoms with Crippen LogP contribution in [0.2, 0.25) is 0 Å². The Morgan fingerprint density at radius 1 is 0.780 bits per heavy atom. The quantitative estimate of drug-likeness (QED) is 0.0578. The smallest absolute Gasteiger partial charge is 0.407 e. The molecule has 3 amide bonds. The number of hydrogen-bond acceptors (Lipinski definition) is 8. The molecule has 50 heavy (non-hydrogen) atoms. The van der Waals surface area contributed by atoms with Crippen LogP contribution in [0, 0.1) is 11.8 Å². The van der Waals surface area contributed by atoms with E-state index in [2.05, 4.69) is 29.1 Å². The number of ether oxygens (including phenoxy) is 3. The molecule has 274 valence electrons. The number of esters is 1. The highest BCUT2D eigenvalue weighted by Crippen LogP contribution is 2.18. The van der Waals surface area contributed by atoms with Crippen LogP contribution < -0.4 is 16.0 Å². The molecular formula is C39H55N3O8. The molecule has 2 aromatic rings. The van der Waals surface area contributed by atoms with E-state index in [1.165, 1.54) is 0 Å². The average molecular weight is 694 g/mol. The Morgan fingerprint density at radius 2 is 1.50 bits per heavy atom. The van der Waals surface area contributed by atoms with Crippen molar-refractivity contribution in [1.29, 1.82) is 0 Å². The van der Waals surface area contributed by atoms with Gasteiger partial charge >= 0.3 is 12.1 Å². The maximum absolute atomic E-state index is 13.4. The molecule has 0 saturated heterocycles. The van der Waals surface area contributed by atoms with Gasteiger partial charge in [0.25, 0.3) is 0 Å². The number of allylic oxidation sites excluding steroid dienone is 2. The molecule has 0 aliphatic carbocycles. The number of unbranched alkanes of at least 4 members (excludes halogenated alkanes) is 2. The monoisotopic (exact) mass is 693 g/mol. The zero-order chi connectivity index (χ0) is 36.2. The Hall–Kier alpha value is -4.48. The second kappa shape index (κ2) is 26.4. The van der Waals surface area contributed by atoms with Gasteiger partial charge in [-0.1, -0.05) is 72.8 Å². The van der Waals surface area contributed by atoms with Crippen LogP contribution >= 0.6 is 0 Å². The minimum Gasteiger partial charge on any atom is -0.463 e. The van der Waals surface area contributed by atoms with Crippen molar-refractivity contribution in [3.63, 3.8) is 0 Å². The summed E-state index contributed by atoms with van der Waals surface area (Å²) in [6.07, 6.45) is 7.63. The lowest BCUT2D eigenvalue weighted by Crippen LogP contribution is -2.43. The van der Waals surface area contributed by atoms with E-state index in [4.69, 9.17) is 19.3 Å². The fourth-order valence-corrected chi connectivity index (χ4v) is 5.22. The van der Waals surface area contributed by atoms with Crippen LogP contribution in [0.5, 0.6) is 0 Å². The van der Waals surface area contributed by atoms with Gasteiger partial charge in [-0.05, 0) is 62.5 Å². The summed E-state index contributed by atoms with van der Waals surface area (Å²) in [4.78, 5) is 51.5. The Morgan fingerprint density at radius 3 is 2.18 bits per heavy atom. The highest BCUT2D eigenvalue weighted by Gasteiger charge is 2.26. The molecule has 0 bridgehead atoms. The molecule has 0 aliphatic rings. The predicted molar refractivity (Wildman–Crippen MR) is 193 cm³/mol. The first-order valence-electron chi connectivity index (χ1n) is 17.5. The fourth-order valence-electron chi connectivity index (χ4n) is 5.22. The van der Waals surface area contributed by atoms with Gasteiger partial charge in [-0.2, -0.15) is 0 Å². The van der Waals surface area contributed by atoms with E-state index in [-0.39, 0.29) is 76.1 Å². The molecule has 0 aliphatic heterocycles. The largest absolute Gasteiger partial charge is 0.463 e. The zero-order valence-corrected chi connectivity index (χ0v) is 29.2. The lowest BCUT2D eigenvalue weighted by Gasteiger charge is -2.24. The second-order valence-corrected chi connectivity index (χ2v) is 12.0. The summed E-state index contributed by atoms with van der Waals surface area (Å²) in [5, 5.41) is 17.3. The maximum atomic E-state index is 13.4. The molecule has 11 heteroatoms. The van der Waals surface area contributed by atoms with Gasteiger partial charge in [0.05, 0.1) is 37.7 Å². The van der Waals surface area contributed by atoms with Crippen molar-refractivity contribution in [3.05, 3.63) is 97.1 Å². The first-order valence-corrected chi connectivity index (χ1v) is 17.5. The summed E-state index contributed by atoms with van der Waals surface area (Å²) >= 11 is 0. The van der Waals surface area contributed by atoms with Crippen molar-refractivity contribution >= 4 is 23.9 Å². The van der Waals surface area contributed by atoms with Crippen LogP contribution in [-0.4, -0.2) is 74.5 Å². The number of benzene rings is 2. The minimum atomic E-state index is -0.671. The van der Waals surface area contributed by atoms with Gasteiger partial charge in [0.1, 0.15) is 13.2 Å². The summed E-state index contributed by atoms with van der Waals surface area (Å²) in [5.74, 6) is -2.00. The van der Waals surface area contributed by atoms with Gasteiger partial charge < -0.3 is 35.3 Å². The Bertz CT molecular complexity index is 1270. The van der Waals surface area contributed by atoms with Crippen molar-refractivity contribution < 1.29 is 38.5 Å². The van der Waals surface area contributed by atoms with E-state index in [1.807, 2.05) is 66.7 Å². The topological polar surface area (TPSA) is 152 Å². The Kier molecular flexibility index (Phi) is 22.0. The summed E-state index contributed by atoms with van der Waals surface area (Å²) < 4.78 is 16.3. The SMILES string of the molecule is C=CCCC[C@H](Cc1ccccc1)C(=O)OC[C@H](CCCCNC(=O)OCc1ccccc1)NC(=O)[C@@H](CC=C)CC(=O)NCCOCCO. The standard InChI is InChI=1S/C39H55N3O8/c1-3-5-8-20-34(27-31-16-9-6-10-17-31)38(46)49-30-35(21-13-14-22-41-39(47)50-29-32-18-11-7-12-19-32)42-37(45)33(15-4-2)28-36(44)40-23-25-48-26-24-43/h3-4,6-7,9-12,16-19,33-35,43H,1-2,5,8,13-15,20-30H2,(H,40,44)(H,41,47)(H,42,45)/t33-,34+,35-/m0/s1. The number of aliphatic hydroxyl groups is 1. The highest BCUT2D eigenvalue weighted by molar-refractivity contribution is 5.86. The van der Waals surface area contributed by atoms with E-state index in [9.17, 15) is 19.2 Å². The summed E-state index contributed by atoms with van der Waals surface area (Å²) in [6, 6.07) is 18.7. The molecule has 0 spiro atoms. The third-order valence-electron chi connectivity index (χ3n) is 7.91. The number of rotatable bonds is 27. The molecule has 0 radical (unpaired) electrons. The normalized spacial score (nSPS) is 12.5. The van der Waals surface area contributed by atoms with Gasteiger partial charge in [-0.3, -0.25) is 14.4 Å². The van der Waals surface area contributed by atoms with Crippen LogP contribution in [0.1, 0.15) is 62.5 Å². The zero-order valence-electron chi connectivity index (χ0n) is 29.2. The third kappa shape index (κ3) is 18.9. The van der Waals surface area contributed by atoms with E-state index < -0.39 is 18.1 Å². The van der Waals surface area contributed by atoms with Gasteiger partial charge in [0.2, 0.25) is 11.8 Å². The Labute approximate surface area is 296 Å². The lowest BCUT2D eigenvalue weighted by molar-refractivity contribution is -0.150. The van der Waals surface area contributed by atoms with Gasteiger partial charge in [0, 0.05) is 19.5 Å². The van der Waals surface area contributed by atoms with E-state index in [1.54, 1.807) is 6.08 Å². The van der Waals surface area contributed by atoms with Crippen molar-refractivity contribution in [2.45, 2.75) is 70.4 Å². The molecule has 4 N–H and O–H groups in total. The number of amides is 3. The molecule has 2 aromatic carbocycles. The number of carbonyl (C=O) groups excluding carboxylic acids is 4. The maximum Gasteiger partial charge on any atom is 0.407 e. The molecule has 0 saturated carbocycles. The first-order chi connectivity index (χ1) is 24.4. The first kappa shape index (κ1) is 41.7. The molecule has 11 nitrogen and oxygen atoms in total. The Balaban J connectivity index is 1.99. The molecule has 0 unspecified atom stereocenters. The number of nitrogens with one attached hydrogen (secondary N) is 3. The number of carbonyl (C=O) groups is 4. The predicted octanol–water partition coefficient (Wildman–Crippen LogP) is 5.03. The molecule has 0 aromatic heterocycles. The average Bonchev–Trinajstić information content (AvgIpc) is 3.12. The van der Waals surface area contributed by atoms with Crippen LogP contribution in [0.3, 0.4) is 0 Å². The lowest BCUT2D eigenvalue weighted by atomic mass is 9.94. The van der Waals surface area contributed by atoms with Gasteiger partial charge in [-0.25, -0.2) is 4.79 Å². The van der Waals surface area contributed by atoms with Crippen molar-refractivity contribution in [1.82, 2.24) is 16.0 Å². The minimum absolute atomic E-state index is 0.0287. The molecule has 2 rings (SSSR count). The van der Waals surface area contributed by atoms with Crippen LogP contribution in [0.4, 0.5) is 4.79 Å². The summed E-state index contributed by atoms with van der Waals surface area (Å²) in [7, 11) is 0. The molecule has 3 atom stereocenters. The van der Waals surface area contributed by atoms with Crippen LogP contribution in [0.15, 0.2) is 86.0 Å². The van der Waals surface area contributed by atoms with E-state index >= 15 is 0 Å². The number of hydrogen-bond donors (Lipinski definition) is 4. The molecular weight excluding hydrogens is 638 g/mol. The highest BCUT2D eigenvalue weighted by atomic mass is 16.5. The number of aliphatic hydroxyl groups excluding tert-OH is 1. The van der Waals surface area contributed by atoms with Crippen molar-refractivity contribution in [2.24, 2.45) is 11.8 Å². The van der Waals surface area contributed by atoms with E-state index in [0.29, 0.717) is 38.6 Å². The van der Waals surface area contributed by atoms with Crippen molar-refractivity contribution in [2.75, 3.05) is 39.5 Å². The summed E-state index contributed by atoms with van der Waals surface area (Å²) in [6.45, 7) is 8.63. The van der Waals surface area contributed by atoms with E-state index in [0.717, 1.165) is 24.0 Å². The fraction of sp³-hybridized carbons (Fsp3) is 0.487. The van der Waals surface area contributed by atoms with Crippen LogP contribution in [0.25, 0.3) is 0 Å². The number of alkyl carbamates (subject to hydrolysis) is 1. The van der Waals surface area contributed by atoms with Crippen molar-refractivity contribution in [3.8, 4) is 0 Å².